The van der Waals surface area contributed by atoms with Crippen LogP contribution in [0.1, 0.15) is 25.8 Å². The van der Waals surface area contributed by atoms with Gasteiger partial charge in [0.2, 0.25) is 0 Å². The Morgan fingerprint density at radius 3 is 2.36 bits per heavy atom. The molecule has 1 aromatic carbocycles. The van der Waals surface area contributed by atoms with Crippen molar-refractivity contribution in [2.24, 2.45) is 5.92 Å². The third-order valence-electron chi connectivity index (χ3n) is 3.01. The summed E-state index contributed by atoms with van der Waals surface area (Å²) >= 11 is 0. The van der Waals surface area contributed by atoms with Crippen molar-refractivity contribution in [3.05, 3.63) is 41.5 Å². The van der Waals surface area contributed by atoms with Gasteiger partial charge in [-0.05, 0) is 30.4 Å². The summed E-state index contributed by atoms with van der Waals surface area (Å²) in [6, 6.07) is 10.2. The average molecular weight is 188 g/mol. The van der Waals surface area contributed by atoms with E-state index in [1.54, 1.807) is 0 Å². The molecule has 1 N–H and O–H groups in total. The largest absolute Gasteiger partial charge is 0.388 e. The summed E-state index contributed by atoms with van der Waals surface area (Å²) in [4.78, 5) is 0. The minimum absolute atomic E-state index is 0.280. The molecule has 0 saturated carbocycles. The van der Waals surface area contributed by atoms with E-state index < -0.39 is 0 Å². The first-order chi connectivity index (χ1) is 6.70. The Hall–Kier alpha value is -1.08. The summed E-state index contributed by atoms with van der Waals surface area (Å²) in [7, 11) is 0. The molecular weight excluding hydrogens is 172 g/mol. The summed E-state index contributed by atoms with van der Waals surface area (Å²) in [6.07, 6.45) is 0.739. The molecule has 0 fully saturated rings. The van der Waals surface area contributed by atoms with E-state index in [4.69, 9.17) is 0 Å². The molecule has 0 aliphatic heterocycles. The number of benzene rings is 1. The van der Waals surface area contributed by atoms with Gasteiger partial charge in [-0.25, -0.2) is 0 Å². The highest BCUT2D eigenvalue weighted by Crippen LogP contribution is 2.37. The smallest absolute Gasteiger partial charge is 0.0823 e. The lowest BCUT2D eigenvalue weighted by atomic mass is 9.98. The monoisotopic (exact) mass is 188 g/mol. The molecule has 1 aromatic rings. The molecule has 0 spiro atoms. The van der Waals surface area contributed by atoms with Crippen molar-refractivity contribution in [2.75, 3.05) is 0 Å². The van der Waals surface area contributed by atoms with Gasteiger partial charge in [-0.15, -0.1) is 0 Å². The van der Waals surface area contributed by atoms with Crippen LogP contribution in [-0.4, -0.2) is 11.2 Å². The molecule has 0 aromatic heterocycles. The van der Waals surface area contributed by atoms with Gasteiger partial charge in [0.1, 0.15) is 0 Å². The number of allylic oxidation sites excluding steroid dienone is 1. The van der Waals surface area contributed by atoms with Crippen LogP contribution >= 0.6 is 0 Å². The number of aliphatic hydroxyl groups is 1. The first-order valence-corrected chi connectivity index (χ1v) is 5.13. The van der Waals surface area contributed by atoms with Crippen LogP contribution in [0.3, 0.4) is 0 Å². The van der Waals surface area contributed by atoms with Crippen molar-refractivity contribution in [3.8, 4) is 0 Å². The van der Waals surface area contributed by atoms with Crippen molar-refractivity contribution >= 4 is 5.57 Å². The second kappa shape index (κ2) is 3.58. The Kier molecular flexibility index (Phi) is 2.42. The van der Waals surface area contributed by atoms with Crippen molar-refractivity contribution in [1.82, 2.24) is 0 Å². The second-order valence-corrected chi connectivity index (χ2v) is 4.19. The lowest BCUT2D eigenvalue weighted by Crippen LogP contribution is -2.13. The fourth-order valence-electron chi connectivity index (χ4n) is 2.28. The average Bonchev–Trinajstić information content (AvgIpc) is 2.43. The standard InChI is InChI=1S/C13H16O/c1-9-8-10(2)13(14)12(9)11-6-4-3-5-7-11/h3-7,10,13-14H,8H2,1-2H3/t10-,13+/m0/s1. The van der Waals surface area contributed by atoms with Crippen molar-refractivity contribution in [2.45, 2.75) is 26.4 Å². The maximum Gasteiger partial charge on any atom is 0.0823 e. The maximum atomic E-state index is 10.0. The molecule has 0 radical (unpaired) electrons. The van der Waals surface area contributed by atoms with E-state index in [0.29, 0.717) is 5.92 Å². The van der Waals surface area contributed by atoms with Gasteiger partial charge in [0.15, 0.2) is 0 Å². The third-order valence-corrected chi connectivity index (χ3v) is 3.01. The van der Waals surface area contributed by atoms with E-state index >= 15 is 0 Å². The molecule has 74 valence electrons. The molecule has 0 heterocycles. The number of hydrogen-bond donors (Lipinski definition) is 1. The summed E-state index contributed by atoms with van der Waals surface area (Å²) in [5.41, 5.74) is 3.64. The minimum atomic E-state index is -0.280. The summed E-state index contributed by atoms with van der Waals surface area (Å²) in [5, 5.41) is 10.0. The fraction of sp³-hybridized carbons (Fsp3) is 0.385. The fourth-order valence-corrected chi connectivity index (χ4v) is 2.28. The first-order valence-electron chi connectivity index (χ1n) is 5.13. The SMILES string of the molecule is CC1=C(c2ccccc2)[C@H](O)[C@@H](C)C1. The van der Waals surface area contributed by atoms with Crippen LogP contribution < -0.4 is 0 Å². The van der Waals surface area contributed by atoms with Gasteiger partial charge < -0.3 is 5.11 Å². The molecule has 1 heteroatoms. The van der Waals surface area contributed by atoms with Crippen molar-refractivity contribution in [3.63, 3.8) is 0 Å². The number of rotatable bonds is 1. The highest BCUT2D eigenvalue weighted by atomic mass is 16.3. The molecule has 2 rings (SSSR count). The molecule has 2 atom stereocenters. The summed E-state index contributed by atoms with van der Waals surface area (Å²) in [6.45, 7) is 4.22. The van der Waals surface area contributed by atoms with Gasteiger partial charge in [0.05, 0.1) is 6.10 Å². The predicted octanol–water partition coefficient (Wildman–Crippen LogP) is 2.86. The van der Waals surface area contributed by atoms with Crippen LogP contribution in [0.2, 0.25) is 0 Å². The molecule has 0 unspecified atom stereocenters. The van der Waals surface area contributed by atoms with E-state index in [1.807, 2.05) is 18.2 Å². The highest BCUT2D eigenvalue weighted by Gasteiger charge is 2.28. The Labute approximate surface area is 85.1 Å². The quantitative estimate of drug-likeness (QED) is 0.718. The van der Waals surface area contributed by atoms with E-state index in [2.05, 4.69) is 26.0 Å². The van der Waals surface area contributed by atoms with Crippen molar-refractivity contribution in [1.29, 1.82) is 0 Å². The van der Waals surface area contributed by atoms with E-state index in [1.165, 1.54) is 11.1 Å². The van der Waals surface area contributed by atoms with Crippen LogP contribution in [0.5, 0.6) is 0 Å². The molecule has 0 bridgehead atoms. The third kappa shape index (κ3) is 1.48. The molecular formula is C13H16O. The second-order valence-electron chi connectivity index (χ2n) is 4.19. The zero-order valence-electron chi connectivity index (χ0n) is 8.70. The van der Waals surface area contributed by atoms with Gasteiger partial charge in [-0.2, -0.15) is 0 Å². The topological polar surface area (TPSA) is 20.2 Å². The van der Waals surface area contributed by atoms with E-state index in [-0.39, 0.29) is 6.10 Å². The van der Waals surface area contributed by atoms with Crippen LogP contribution in [-0.2, 0) is 0 Å². The molecule has 1 aliphatic carbocycles. The molecule has 14 heavy (non-hydrogen) atoms. The van der Waals surface area contributed by atoms with Crippen LogP contribution in [0, 0.1) is 5.92 Å². The van der Waals surface area contributed by atoms with Gasteiger partial charge in [0, 0.05) is 0 Å². The lowest BCUT2D eigenvalue weighted by Gasteiger charge is -2.13. The normalized spacial score (nSPS) is 27.1. The van der Waals surface area contributed by atoms with Gasteiger partial charge in [-0.3, -0.25) is 0 Å². The van der Waals surface area contributed by atoms with Gasteiger partial charge in [0.25, 0.3) is 0 Å². The Bertz CT molecular complexity index is 351. The summed E-state index contributed by atoms with van der Waals surface area (Å²) in [5.74, 6) is 0.366. The first kappa shape index (κ1) is 9.47. The van der Waals surface area contributed by atoms with Gasteiger partial charge in [-0.1, -0.05) is 42.8 Å². The van der Waals surface area contributed by atoms with Crippen molar-refractivity contribution < 1.29 is 5.11 Å². The summed E-state index contributed by atoms with van der Waals surface area (Å²) < 4.78 is 0. The van der Waals surface area contributed by atoms with E-state index in [0.717, 1.165) is 12.0 Å². The van der Waals surface area contributed by atoms with Crippen LogP contribution in [0.15, 0.2) is 35.9 Å². The molecule has 1 nitrogen and oxygen atoms in total. The van der Waals surface area contributed by atoms with Crippen LogP contribution in [0.4, 0.5) is 0 Å². The predicted molar refractivity (Wildman–Crippen MR) is 58.8 cm³/mol. The Balaban J connectivity index is 2.40. The zero-order valence-corrected chi connectivity index (χ0v) is 8.70. The lowest BCUT2D eigenvalue weighted by molar-refractivity contribution is 0.182. The van der Waals surface area contributed by atoms with Gasteiger partial charge >= 0.3 is 0 Å². The van der Waals surface area contributed by atoms with E-state index in [9.17, 15) is 5.11 Å². The zero-order chi connectivity index (χ0) is 10.1. The van der Waals surface area contributed by atoms with Crippen LogP contribution in [0.25, 0.3) is 5.57 Å². The molecule has 0 amide bonds. The number of hydrogen-bond acceptors (Lipinski definition) is 1. The molecule has 0 saturated heterocycles. The number of aliphatic hydroxyl groups excluding tert-OH is 1. The highest BCUT2D eigenvalue weighted by molar-refractivity contribution is 5.73. The Morgan fingerprint density at radius 1 is 1.21 bits per heavy atom. The molecule has 1 aliphatic rings. The Morgan fingerprint density at radius 2 is 1.86 bits per heavy atom. The maximum absolute atomic E-state index is 10.0. The minimum Gasteiger partial charge on any atom is -0.388 e.